The Morgan fingerprint density at radius 3 is 2.52 bits per heavy atom. The fourth-order valence-electron chi connectivity index (χ4n) is 3.81. The summed E-state index contributed by atoms with van der Waals surface area (Å²) in [6.45, 7) is 5.85. The van der Waals surface area contributed by atoms with Gasteiger partial charge in [0.05, 0.1) is 6.54 Å². The molecule has 3 rings (SSSR count). The molecule has 0 bridgehead atoms. The summed E-state index contributed by atoms with van der Waals surface area (Å²) in [5.74, 6) is 2.38. The number of carbonyl (C=O) groups is 1. The lowest BCUT2D eigenvalue weighted by Crippen LogP contribution is -2.46. The minimum Gasteiger partial charge on any atom is -0.489 e. The van der Waals surface area contributed by atoms with Crippen LogP contribution in [0.1, 0.15) is 37.3 Å². The maximum atomic E-state index is 11.7. The quantitative estimate of drug-likeness (QED) is 0.504. The number of hydrogen-bond donors (Lipinski definition) is 2. The van der Waals surface area contributed by atoms with Gasteiger partial charge in [-0.05, 0) is 37.3 Å². The second-order valence-corrected chi connectivity index (χ2v) is 7.86. The first-order chi connectivity index (χ1) is 15.2. The van der Waals surface area contributed by atoms with Crippen molar-refractivity contribution in [2.45, 2.75) is 39.3 Å². The second kappa shape index (κ2) is 12.0. The Bertz CT molecular complexity index is 846. The maximum Gasteiger partial charge on any atom is 0.220 e. The third-order valence-electron chi connectivity index (χ3n) is 5.61. The van der Waals surface area contributed by atoms with E-state index in [9.17, 15) is 4.79 Å². The normalized spacial score (nSPS) is 14.9. The summed E-state index contributed by atoms with van der Waals surface area (Å²) >= 11 is 0. The number of aliphatic imine (C=N–C) groups is 1. The molecule has 6 nitrogen and oxygen atoms in total. The molecule has 0 aliphatic carbocycles. The molecule has 1 fully saturated rings. The third kappa shape index (κ3) is 7.02. The van der Waals surface area contributed by atoms with E-state index in [0.29, 0.717) is 25.5 Å². The summed E-state index contributed by atoms with van der Waals surface area (Å²) in [4.78, 5) is 18.9. The molecular weight excluding hydrogens is 388 g/mol. The van der Waals surface area contributed by atoms with Gasteiger partial charge in [0.15, 0.2) is 5.96 Å². The number of benzene rings is 2. The summed E-state index contributed by atoms with van der Waals surface area (Å²) in [7, 11) is 1.70. The van der Waals surface area contributed by atoms with E-state index in [1.165, 1.54) is 0 Å². The van der Waals surface area contributed by atoms with E-state index >= 15 is 0 Å². The van der Waals surface area contributed by atoms with Gasteiger partial charge in [0.1, 0.15) is 12.4 Å². The Morgan fingerprint density at radius 2 is 1.81 bits per heavy atom. The number of carbonyl (C=O) groups excluding carboxylic acids is 1. The molecule has 1 aliphatic rings. The van der Waals surface area contributed by atoms with Gasteiger partial charge in [-0.2, -0.15) is 0 Å². The number of amides is 1. The highest BCUT2D eigenvalue weighted by molar-refractivity contribution is 5.80. The highest BCUT2D eigenvalue weighted by atomic mass is 16.5. The number of ether oxygens (including phenoxy) is 1. The molecule has 2 aromatic carbocycles. The smallest absolute Gasteiger partial charge is 0.220 e. The SMILES string of the molecule is CCNC(=NCc1ccccc1OCc1ccccc1)N1CCC(CC(=O)NC)CC1. The predicted octanol–water partition coefficient (Wildman–Crippen LogP) is 3.58. The zero-order chi connectivity index (χ0) is 21.9. The average Bonchev–Trinajstić information content (AvgIpc) is 2.82. The maximum absolute atomic E-state index is 11.7. The first-order valence-electron chi connectivity index (χ1n) is 11.2. The van der Waals surface area contributed by atoms with Gasteiger partial charge >= 0.3 is 0 Å². The monoisotopic (exact) mass is 422 g/mol. The molecule has 1 saturated heterocycles. The van der Waals surface area contributed by atoms with Crippen LogP contribution in [0.2, 0.25) is 0 Å². The first kappa shape index (κ1) is 22.7. The Morgan fingerprint density at radius 1 is 1.10 bits per heavy atom. The van der Waals surface area contributed by atoms with Crippen LogP contribution in [0.5, 0.6) is 5.75 Å². The summed E-state index contributed by atoms with van der Waals surface area (Å²) in [5, 5.41) is 6.15. The standard InChI is InChI=1S/C25H34N4O2/c1-3-27-25(29-15-13-20(14-16-29)17-24(30)26-2)28-18-22-11-7-8-12-23(22)31-19-21-9-5-4-6-10-21/h4-12,20H,3,13-19H2,1-2H3,(H,26,30)(H,27,28). The van der Waals surface area contributed by atoms with Crippen LogP contribution in [0.15, 0.2) is 59.6 Å². The fraction of sp³-hybridized carbons (Fsp3) is 0.440. The van der Waals surface area contributed by atoms with E-state index < -0.39 is 0 Å². The van der Waals surface area contributed by atoms with Crippen molar-refractivity contribution in [3.63, 3.8) is 0 Å². The van der Waals surface area contributed by atoms with Crippen molar-refractivity contribution >= 4 is 11.9 Å². The topological polar surface area (TPSA) is 66.0 Å². The fourth-order valence-corrected chi connectivity index (χ4v) is 3.81. The van der Waals surface area contributed by atoms with E-state index in [-0.39, 0.29) is 5.91 Å². The average molecular weight is 423 g/mol. The molecule has 2 N–H and O–H groups in total. The molecule has 0 aromatic heterocycles. The Labute approximate surface area is 185 Å². The molecule has 2 aromatic rings. The van der Waals surface area contributed by atoms with Crippen LogP contribution in [0.25, 0.3) is 0 Å². The summed E-state index contributed by atoms with van der Waals surface area (Å²) in [5.41, 5.74) is 2.22. The van der Waals surface area contributed by atoms with E-state index in [4.69, 9.17) is 9.73 Å². The highest BCUT2D eigenvalue weighted by Gasteiger charge is 2.23. The van der Waals surface area contributed by atoms with Gasteiger partial charge in [0.25, 0.3) is 0 Å². The lowest BCUT2D eigenvalue weighted by molar-refractivity contribution is -0.121. The van der Waals surface area contributed by atoms with Crippen LogP contribution in [0.3, 0.4) is 0 Å². The van der Waals surface area contributed by atoms with Crippen LogP contribution in [-0.4, -0.2) is 43.4 Å². The second-order valence-electron chi connectivity index (χ2n) is 7.86. The van der Waals surface area contributed by atoms with Crippen molar-refractivity contribution in [2.24, 2.45) is 10.9 Å². The van der Waals surface area contributed by atoms with Crippen LogP contribution in [0, 0.1) is 5.92 Å². The van der Waals surface area contributed by atoms with Crippen molar-refractivity contribution < 1.29 is 9.53 Å². The highest BCUT2D eigenvalue weighted by Crippen LogP contribution is 2.22. The van der Waals surface area contributed by atoms with Gasteiger partial charge in [0.2, 0.25) is 5.91 Å². The zero-order valence-electron chi connectivity index (χ0n) is 18.6. The van der Waals surface area contributed by atoms with Crippen LogP contribution < -0.4 is 15.4 Å². The molecule has 0 spiro atoms. The van der Waals surface area contributed by atoms with Crippen molar-refractivity contribution in [1.29, 1.82) is 0 Å². The van der Waals surface area contributed by atoms with E-state index in [2.05, 4.69) is 40.7 Å². The van der Waals surface area contributed by atoms with Crippen molar-refractivity contribution in [2.75, 3.05) is 26.7 Å². The minimum atomic E-state index is 0.131. The van der Waals surface area contributed by atoms with E-state index in [1.54, 1.807) is 7.05 Å². The predicted molar refractivity (Wildman–Crippen MR) is 125 cm³/mol. The first-order valence-corrected chi connectivity index (χ1v) is 11.2. The van der Waals surface area contributed by atoms with Gasteiger partial charge in [-0.25, -0.2) is 4.99 Å². The minimum absolute atomic E-state index is 0.131. The largest absolute Gasteiger partial charge is 0.489 e. The van der Waals surface area contributed by atoms with Gasteiger partial charge in [-0.1, -0.05) is 48.5 Å². The number of guanidine groups is 1. The van der Waals surface area contributed by atoms with Crippen LogP contribution in [-0.2, 0) is 17.9 Å². The van der Waals surface area contributed by atoms with E-state index in [0.717, 1.165) is 55.3 Å². The molecular formula is C25H34N4O2. The number of rotatable bonds is 8. The zero-order valence-corrected chi connectivity index (χ0v) is 18.6. The molecule has 166 valence electrons. The van der Waals surface area contributed by atoms with Crippen molar-refractivity contribution in [3.05, 3.63) is 65.7 Å². The van der Waals surface area contributed by atoms with Crippen LogP contribution in [0.4, 0.5) is 0 Å². The van der Waals surface area contributed by atoms with E-state index in [1.807, 2.05) is 36.4 Å². The van der Waals surface area contributed by atoms with Crippen molar-refractivity contribution in [1.82, 2.24) is 15.5 Å². The molecule has 1 amide bonds. The lowest BCUT2D eigenvalue weighted by Gasteiger charge is -2.34. The number of nitrogens with one attached hydrogen (secondary N) is 2. The molecule has 0 unspecified atom stereocenters. The number of piperidine rings is 1. The third-order valence-corrected chi connectivity index (χ3v) is 5.61. The Balaban J connectivity index is 1.61. The molecule has 1 heterocycles. The van der Waals surface area contributed by atoms with Gasteiger partial charge in [-0.3, -0.25) is 4.79 Å². The number of para-hydroxylation sites is 1. The molecule has 1 aliphatic heterocycles. The number of nitrogens with zero attached hydrogens (tertiary/aromatic N) is 2. The molecule has 0 saturated carbocycles. The molecule has 6 heteroatoms. The summed E-state index contributed by atoms with van der Waals surface area (Å²) in [6, 6.07) is 18.3. The molecule has 0 radical (unpaired) electrons. The molecule has 0 atom stereocenters. The Kier molecular flexibility index (Phi) is 8.76. The lowest BCUT2D eigenvalue weighted by atomic mass is 9.93. The summed E-state index contributed by atoms with van der Waals surface area (Å²) in [6.07, 6.45) is 2.63. The van der Waals surface area contributed by atoms with Gasteiger partial charge in [0, 0.05) is 38.7 Å². The van der Waals surface area contributed by atoms with Gasteiger partial charge in [-0.15, -0.1) is 0 Å². The van der Waals surface area contributed by atoms with Crippen LogP contribution >= 0.6 is 0 Å². The summed E-state index contributed by atoms with van der Waals surface area (Å²) < 4.78 is 6.08. The molecule has 31 heavy (non-hydrogen) atoms. The Hall–Kier alpha value is -3.02. The number of likely N-dealkylation sites (tertiary alicyclic amines) is 1. The van der Waals surface area contributed by atoms with Gasteiger partial charge < -0.3 is 20.3 Å². The number of hydrogen-bond acceptors (Lipinski definition) is 3. The van der Waals surface area contributed by atoms with Crippen molar-refractivity contribution in [3.8, 4) is 5.75 Å².